The van der Waals surface area contributed by atoms with Crippen LogP contribution in [0.3, 0.4) is 0 Å². The minimum Gasteiger partial charge on any atom is -0.307 e. The van der Waals surface area contributed by atoms with Crippen LogP contribution in [0.25, 0.3) is 11.0 Å². The Hall–Kier alpha value is -1.62. The molecule has 3 heterocycles. The van der Waals surface area contributed by atoms with Crippen LogP contribution >= 0.6 is 0 Å². The predicted octanol–water partition coefficient (Wildman–Crippen LogP) is 1.95. The third-order valence-corrected chi connectivity index (χ3v) is 5.46. The molecule has 0 radical (unpaired) electrons. The molecular weight excluding hydrogens is 276 g/mol. The fourth-order valence-electron chi connectivity index (χ4n) is 4.17. The third-order valence-electron chi connectivity index (χ3n) is 5.46. The van der Waals surface area contributed by atoms with Crippen molar-refractivity contribution < 1.29 is 0 Å². The number of aromatic nitrogens is 3. The number of piperidine rings is 1. The first kappa shape index (κ1) is 14.0. The molecule has 1 fully saturated rings. The largest absolute Gasteiger partial charge is 0.307 e. The van der Waals surface area contributed by atoms with Crippen LogP contribution in [-0.4, -0.2) is 39.8 Å². The van der Waals surface area contributed by atoms with Gasteiger partial charge in [-0.05, 0) is 64.2 Å². The molecule has 5 heteroatoms. The van der Waals surface area contributed by atoms with E-state index < -0.39 is 0 Å². The molecular formula is C17H24N4O. The van der Waals surface area contributed by atoms with E-state index >= 15 is 0 Å². The van der Waals surface area contributed by atoms with Gasteiger partial charge < -0.3 is 9.88 Å². The van der Waals surface area contributed by atoms with Crippen LogP contribution in [0, 0.1) is 0 Å². The van der Waals surface area contributed by atoms with Crippen molar-refractivity contribution in [3.8, 4) is 0 Å². The van der Waals surface area contributed by atoms with E-state index in [9.17, 15) is 4.79 Å². The number of aromatic amines is 1. The summed E-state index contributed by atoms with van der Waals surface area (Å²) in [6.07, 6.45) is 6.59. The molecule has 0 saturated carbocycles. The number of aryl methyl sites for hydroxylation is 2. The van der Waals surface area contributed by atoms with Crippen molar-refractivity contribution in [2.75, 3.05) is 20.1 Å². The Kier molecular flexibility index (Phi) is 3.33. The summed E-state index contributed by atoms with van der Waals surface area (Å²) >= 11 is 0. The summed E-state index contributed by atoms with van der Waals surface area (Å²) < 4.78 is 1.87. The quantitative estimate of drug-likeness (QED) is 0.876. The van der Waals surface area contributed by atoms with Crippen LogP contribution < -0.4 is 5.56 Å². The molecule has 0 amide bonds. The highest BCUT2D eigenvalue weighted by Crippen LogP contribution is 2.35. The number of H-pyrrole nitrogens is 1. The first-order chi connectivity index (χ1) is 10.6. The average Bonchev–Trinajstić information content (AvgIpc) is 2.86. The van der Waals surface area contributed by atoms with Crippen molar-refractivity contribution in [3.63, 3.8) is 0 Å². The van der Waals surface area contributed by atoms with Gasteiger partial charge in [-0.15, -0.1) is 0 Å². The van der Waals surface area contributed by atoms with Crippen LogP contribution in [0.4, 0.5) is 0 Å². The van der Waals surface area contributed by atoms with Gasteiger partial charge >= 0.3 is 0 Å². The molecule has 1 aliphatic carbocycles. The summed E-state index contributed by atoms with van der Waals surface area (Å²) in [7, 11) is 4.14. The standard InChI is InChI=1S/C17H24N4O/c1-20-9-7-11(8-10-20)15-14-12-5-3-4-6-13(12)17(22)18-16(14)21(2)19-15/h11H,3-10H2,1-2H3,(H,18,22). The van der Waals surface area contributed by atoms with Crippen molar-refractivity contribution in [3.05, 3.63) is 27.2 Å². The molecule has 5 nitrogen and oxygen atoms in total. The lowest BCUT2D eigenvalue weighted by Crippen LogP contribution is -2.29. The maximum atomic E-state index is 12.4. The normalized spacial score (nSPS) is 20.5. The van der Waals surface area contributed by atoms with E-state index in [1.807, 2.05) is 11.7 Å². The second kappa shape index (κ2) is 5.23. The molecule has 0 unspecified atom stereocenters. The first-order valence-corrected chi connectivity index (χ1v) is 8.44. The zero-order valence-corrected chi connectivity index (χ0v) is 13.5. The van der Waals surface area contributed by atoms with E-state index in [-0.39, 0.29) is 5.56 Å². The molecule has 2 aliphatic rings. The molecule has 1 N–H and O–H groups in total. The van der Waals surface area contributed by atoms with Crippen molar-refractivity contribution in [2.45, 2.75) is 44.4 Å². The van der Waals surface area contributed by atoms with Gasteiger partial charge in [0.25, 0.3) is 5.56 Å². The number of hydrogen-bond donors (Lipinski definition) is 1. The topological polar surface area (TPSA) is 53.9 Å². The van der Waals surface area contributed by atoms with E-state index in [2.05, 4.69) is 16.9 Å². The maximum absolute atomic E-state index is 12.4. The smallest absolute Gasteiger partial charge is 0.253 e. The highest BCUT2D eigenvalue weighted by Gasteiger charge is 2.27. The van der Waals surface area contributed by atoms with Gasteiger partial charge in [0, 0.05) is 23.9 Å². The molecule has 1 aliphatic heterocycles. The minimum absolute atomic E-state index is 0.0973. The first-order valence-electron chi connectivity index (χ1n) is 8.44. The molecule has 0 aromatic carbocycles. The molecule has 0 atom stereocenters. The summed E-state index contributed by atoms with van der Waals surface area (Å²) in [5.41, 5.74) is 4.53. The lowest BCUT2D eigenvalue weighted by atomic mass is 9.86. The number of pyridine rings is 1. The average molecular weight is 300 g/mol. The summed E-state index contributed by atoms with van der Waals surface area (Å²) in [5.74, 6) is 0.525. The van der Waals surface area contributed by atoms with Gasteiger partial charge in [-0.3, -0.25) is 9.48 Å². The second-order valence-electron chi connectivity index (χ2n) is 6.93. The number of nitrogens with zero attached hydrogens (tertiary/aromatic N) is 3. The highest BCUT2D eigenvalue weighted by atomic mass is 16.1. The Balaban J connectivity index is 1.90. The lowest BCUT2D eigenvalue weighted by molar-refractivity contribution is 0.253. The molecule has 1 saturated heterocycles. The Morgan fingerprint density at radius 3 is 2.50 bits per heavy atom. The fourth-order valence-corrected chi connectivity index (χ4v) is 4.17. The molecule has 118 valence electrons. The molecule has 2 aromatic heterocycles. The number of fused-ring (bicyclic) bond motifs is 3. The summed E-state index contributed by atoms with van der Waals surface area (Å²) in [6.45, 7) is 2.27. The van der Waals surface area contributed by atoms with Crippen molar-refractivity contribution in [1.29, 1.82) is 0 Å². The third kappa shape index (κ3) is 2.10. The van der Waals surface area contributed by atoms with Crippen LogP contribution in [0.5, 0.6) is 0 Å². The van der Waals surface area contributed by atoms with Crippen LogP contribution in [-0.2, 0) is 19.9 Å². The maximum Gasteiger partial charge on any atom is 0.253 e. The van der Waals surface area contributed by atoms with Crippen LogP contribution in [0.2, 0.25) is 0 Å². The zero-order chi connectivity index (χ0) is 15.3. The van der Waals surface area contributed by atoms with E-state index in [0.29, 0.717) is 5.92 Å². The van der Waals surface area contributed by atoms with E-state index in [0.717, 1.165) is 56.4 Å². The van der Waals surface area contributed by atoms with E-state index in [1.165, 1.54) is 23.1 Å². The van der Waals surface area contributed by atoms with Crippen molar-refractivity contribution in [2.24, 2.45) is 7.05 Å². The summed E-state index contributed by atoms with van der Waals surface area (Å²) in [4.78, 5) is 17.8. The highest BCUT2D eigenvalue weighted by molar-refractivity contribution is 5.84. The van der Waals surface area contributed by atoms with Gasteiger partial charge in [-0.1, -0.05) is 0 Å². The monoisotopic (exact) mass is 300 g/mol. The van der Waals surface area contributed by atoms with Crippen LogP contribution in [0.15, 0.2) is 4.79 Å². The molecule has 2 aromatic rings. The second-order valence-corrected chi connectivity index (χ2v) is 6.93. The Morgan fingerprint density at radius 2 is 1.77 bits per heavy atom. The Labute approximate surface area is 130 Å². The van der Waals surface area contributed by atoms with Crippen LogP contribution in [0.1, 0.15) is 48.4 Å². The van der Waals surface area contributed by atoms with Gasteiger partial charge in [0.05, 0.1) is 5.69 Å². The van der Waals surface area contributed by atoms with Gasteiger partial charge in [0.1, 0.15) is 5.65 Å². The number of hydrogen-bond acceptors (Lipinski definition) is 3. The van der Waals surface area contributed by atoms with E-state index in [4.69, 9.17) is 5.10 Å². The van der Waals surface area contributed by atoms with Gasteiger partial charge in [-0.25, -0.2) is 0 Å². The molecule has 4 rings (SSSR count). The Morgan fingerprint density at radius 1 is 1.09 bits per heavy atom. The number of likely N-dealkylation sites (tertiary alicyclic amines) is 1. The fraction of sp³-hybridized carbons (Fsp3) is 0.647. The zero-order valence-electron chi connectivity index (χ0n) is 13.5. The summed E-state index contributed by atoms with van der Waals surface area (Å²) in [5, 5.41) is 6.07. The molecule has 22 heavy (non-hydrogen) atoms. The van der Waals surface area contributed by atoms with Gasteiger partial charge in [-0.2, -0.15) is 5.10 Å². The van der Waals surface area contributed by atoms with Crippen molar-refractivity contribution >= 4 is 11.0 Å². The Bertz CT molecular complexity index is 765. The van der Waals surface area contributed by atoms with Gasteiger partial charge in [0.2, 0.25) is 0 Å². The van der Waals surface area contributed by atoms with E-state index in [1.54, 1.807) is 0 Å². The minimum atomic E-state index is 0.0973. The summed E-state index contributed by atoms with van der Waals surface area (Å²) in [6, 6.07) is 0. The number of rotatable bonds is 1. The molecule has 0 spiro atoms. The SMILES string of the molecule is CN1CCC(c2nn(C)c3[nH]c(=O)c4c(c23)CCCC4)CC1. The molecule has 0 bridgehead atoms. The predicted molar refractivity (Wildman–Crippen MR) is 87.4 cm³/mol. The number of nitrogens with one attached hydrogen (secondary N) is 1. The van der Waals surface area contributed by atoms with Gasteiger partial charge in [0.15, 0.2) is 0 Å². The lowest BCUT2D eigenvalue weighted by Gasteiger charge is -2.28. The van der Waals surface area contributed by atoms with Crippen molar-refractivity contribution in [1.82, 2.24) is 19.7 Å².